The van der Waals surface area contributed by atoms with Crippen LogP contribution in [0.15, 0.2) is 0 Å². The van der Waals surface area contributed by atoms with Gasteiger partial charge < -0.3 is 5.73 Å². The zero-order valence-electron chi connectivity index (χ0n) is 8.56. The van der Waals surface area contributed by atoms with Crippen molar-refractivity contribution >= 4 is 0 Å². The highest BCUT2D eigenvalue weighted by atomic mass is 14.6. The first kappa shape index (κ1) is 11.5. The number of rotatable bonds is 5. The van der Waals surface area contributed by atoms with Gasteiger partial charge in [0.1, 0.15) is 0 Å². The molecule has 0 amide bonds. The molecule has 0 spiro atoms. The Kier molecular flexibility index (Phi) is 6.90. The smallest absolute Gasteiger partial charge is 0.0103 e. The molecule has 0 bridgehead atoms. The van der Waals surface area contributed by atoms with Gasteiger partial charge in [-0.05, 0) is 25.7 Å². The van der Waals surface area contributed by atoms with Crippen molar-refractivity contribution in [1.29, 1.82) is 0 Å². The van der Waals surface area contributed by atoms with Gasteiger partial charge in [0.15, 0.2) is 0 Å². The predicted molar refractivity (Wildman–Crippen MR) is 54.7 cm³/mol. The molecule has 2 N–H and O–H groups in total. The Bertz CT molecular complexity index is 152. The molecule has 1 nitrogen and oxygen atoms in total. The van der Waals surface area contributed by atoms with Gasteiger partial charge in [-0.1, -0.05) is 20.3 Å². The van der Waals surface area contributed by atoms with Crippen LogP contribution in [0.1, 0.15) is 46.5 Å². The fourth-order valence-electron chi connectivity index (χ4n) is 1.18. The Morgan fingerprint density at radius 2 is 2.08 bits per heavy atom. The summed E-state index contributed by atoms with van der Waals surface area (Å²) in [6.45, 7) is 6.34. The summed E-state index contributed by atoms with van der Waals surface area (Å²) in [7, 11) is 0. The zero-order valence-corrected chi connectivity index (χ0v) is 8.56. The van der Waals surface area contributed by atoms with Crippen LogP contribution in [0, 0.1) is 17.8 Å². The van der Waals surface area contributed by atoms with Crippen LogP contribution in [0.4, 0.5) is 0 Å². The minimum atomic E-state index is 0.348. The van der Waals surface area contributed by atoms with E-state index in [0.717, 1.165) is 25.2 Å². The second-order valence-electron chi connectivity index (χ2n) is 3.47. The highest BCUT2D eigenvalue weighted by Crippen LogP contribution is 2.11. The van der Waals surface area contributed by atoms with Crippen molar-refractivity contribution in [3.05, 3.63) is 0 Å². The standard InChI is InChI=1S/C11H21N/c1-4-6-7-8-11(12)9-10(3)5-2/h10-11H,5,7-9,12H2,1-3H3. The minimum absolute atomic E-state index is 0.348. The lowest BCUT2D eigenvalue weighted by atomic mass is 9.97. The lowest BCUT2D eigenvalue weighted by Crippen LogP contribution is -2.22. The normalized spacial score (nSPS) is 14.7. The molecule has 0 aromatic heterocycles. The molecule has 0 aliphatic rings. The molecule has 0 aromatic carbocycles. The van der Waals surface area contributed by atoms with Gasteiger partial charge in [-0.25, -0.2) is 0 Å². The first-order valence-corrected chi connectivity index (χ1v) is 4.85. The van der Waals surface area contributed by atoms with E-state index in [4.69, 9.17) is 5.73 Å². The molecule has 1 heteroatoms. The monoisotopic (exact) mass is 167 g/mol. The van der Waals surface area contributed by atoms with Gasteiger partial charge in [0, 0.05) is 12.5 Å². The van der Waals surface area contributed by atoms with Crippen LogP contribution in [0.25, 0.3) is 0 Å². The molecule has 0 aromatic rings. The molecule has 0 aliphatic heterocycles. The van der Waals surface area contributed by atoms with Gasteiger partial charge in [-0.2, -0.15) is 0 Å². The van der Waals surface area contributed by atoms with E-state index in [2.05, 4.69) is 25.7 Å². The largest absolute Gasteiger partial charge is 0.328 e. The van der Waals surface area contributed by atoms with Crippen LogP contribution < -0.4 is 5.73 Å². The molecule has 2 unspecified atom stereocenters. The third kappa shape index (κ3) is 6.24. The van der Waals surface area contributed by atoms with Gasteiger partial charge in [0.05, 0.1) is 0 Å². The average Bonchev–Trinajstić information content (AvgIpc) is 2.05. The topological polar surface area (TPSA) is 26.0 Å². The second kappa shape index (κ2) is 7.18. The van der Waals surface area contributed by atoms with Crippen molar-refractivity contribution in [1.82, 2.24) is 0 Å². The Labute approximate surface area is 76.7 Å². The van der Waals surface area contributed by atoms with E-state index in [1.165, 1.54) is 6.42 Å². The minimum Gasteiger partial charge on any atom is -0.328 e. The first-order valence-electron chi connectivity index (χ1n) is 4.85. The van der Waals surface area contributed by atoms with Gasteiger partial charge in [0.25, 0.3) is 0 Å². The highest BCUT2D eigenvalue weighted by molar-refractivity contribution is 4.95. The lowest BCUT2D eigenvalue weighted by Gasteiger charge is -2.14. The lowest BCUT2D eigenvalue weighted by molar-refractivity contribution is 0.439. The second-order valence-corrected chi connectivity index (χ2v) is 3.47. The van der Waals surface area contributed by atoms with E-state index >= 15 is 0 Å². The van der Waals surface area contributed by atoms with Crippen molar-refractivity contribution in [2.24, 2.45) is 11.7 Å². The molecule has 0 saturated heterocycles. The van der Waals surface area contributed by atoms with Gasteiger partial charge in [-0.3, -0.25) is 0 Å². The van der Waals surface area contributed by atoms with Gasteiger partial charge >= 0.3 is 0 Å². The maximum Gasteiger partial charge on any atom is 0.0103 e. The van der Waals surface area contributed by atoms with Crippen molar-refractivity contribution < 1.29 is 0 Å². The van der Waals surface area contributed by atoms with E-state index in [1.54, 1.807) is 0 Å². The molecule has 0 radical (unpaired) electrons. The summed E-state index contributed by atoms with van der Waals surface area (Å²) in [5, 5.41) is 0. The van der Waals surface area contributed by atoms with Crippen molar-refractivity contribution in [3.63, 3.8) is 0 Å². The molecule has 0 fully saturated rings. The van der Waals surface area contributed by atoms with Crippen molar-refractivity contribution in [3.8, 4) is 11.8 Å². The predicted octanol–water partition coefficient (Wildman–Crippen LogP) is 2.55. The van der Waals surface area contributed by atoms with Gasteiger partial charge in [-0.15, -0.1) is 11.8 Å². The van der Waals surface area contributed by atoms with Crippen LogP contribution >= 0.6 is 0 Å². The maximum atomic E-state index is 5.92. The molecular weight excluding hydrogens is 146 g/mol. The van der Waals surface area contributed by atoms with Crippen LogP contribution in [-0.4, -0.2) is 6.04 Å². The molecular formula is C11H21N. The molecule has 0 rings (SSSR count). The third-order valence-electron chi connectivity index (χ3n) is 2.22. The zero-order chi connectivity index (χ0) is 9.40. The Morgan fingerprint density at radius 3 is 2.58 bits per heavy atom. The molecule has 0 saturated carbocycles. The van der Waals surface area contributed by atoms with Crippen LogP contribution in [0.3, 0.4) is 0 Å². The van der Waals surface area contributed by atoms with Gasteiger partial charge in [0.2, 0.25) is 0 Å². The van der Waals surface area contributed by atoms with E-state index in [9.17, 15) is 0 Å². The summed E-state index contributed by atoms with van der Waals surface area (Å²) in [6, 6.07) is 0.348. The number of hydrogen-bond acceptors (Lipinski definition) is 1. The molecule has 0 heterocycles. The summed E-state index contributed by atoms with van der Waals surface area (Å²) in [6.07, 6.45) is 4.37. The third-order valence-corrected chi connectivity index (χ3v) is 2.22. The summed E-state index contributed by atoms with van der Waals surface area (Å²) >= 11 is 0. The number of hydrogen-bond donors (Lipinski definition) is 1. The quantitative estimate of drug-likeness (QED) is 0.626. The summed E-state index contributed by atoms with van der Waals surface area (Å²) in [5.41, 5.74) is 5.92. The van der Waals surface area contributed by atoms with Crippen molar-refractivity contribution in [2.75, 3.05) is 0 Å². The van der Waals surface area contributed by atoms with Crippen LogP contribution in [0.5, 0.6) is 0 Å². The molecule has 70 valence electrons. The van der Waals surface area contributed by atoms with E-state index < -0.39 is 0 Å². The molecule has 12 heavy (non-hydrogen) atoms. The van der Waals surface area contributed by atoms with Crippen LogP contribution in [-0.2, 0) is 0 Å². The fourth-order valence-corrected chi connectivity index (χ4v) is 1.18. The highest BCUT2D eigenvalue weighted by Gasteiger charge is 2.05. The summed E-state index contributed by atoms with van der Waals surface area (Å²) in [4.78, 5) is 0. The van der Waals surface area contributed by atoms with Crippen molar-refractivity contribution in [2.45, 2.75) is 52.5 Å². The molecule has 2 atom stereocenters. The SMILES string of the molecule is CC#CCCC(N)CC(C)CC. The van der Waals surface area contributed by atoms with Crippen LogP contribution in [0.2, 0.25) is 0 Å². The van der Waals surface area contributed by atoms with E-state index in [1.807, 2.05) is 6.92 Å². The molecule has 0 aliphatic carbocycles. The summed E-state index contributed by atoms with van der Waals surface area (Å²) in [5.74, 6) is 6.68. The summed E-state index contributed by atoms with van der Waals surface area (Å²) < 4.78 is 0. The Hall–Kier alpha value is -0.480. The maximum absolute atomic E-state index is 5.92. The first-order chi connectivity index (χ1) is 5.70. The Morgan fingerprint density at radius 1 is 1.42 bits per heavy atom. The Balaban J connectivity index is 3.43. The number of nitrogens with two attached hydrogens (primary N) is 1. The average molecular weight is 167 g/mol. The fraction of sp³-hybridized carbons (Fsp3) is 0.818. The van der Waals surface area contributed by atoms with E-state index in [0.29, 0.717) is 6.04 Å². The van der Waals surface area contributed by atoms with E-state index in [-0.39, 0.29) is 0 Å².